The van der Waals surface area contributed by atoms with Crippen LogP contribution in [0.3, 0.4) is 0 Å². The van der Waals surface area contributed by atoms with Gasteiger partial charge in [-0.2, -0.15) is 0 Å². The average Bonchev–Trinajstić information content (AvgIpc) is 2.51. The molecule has 1 fully saturated rings. The minimum absolute atomic E-state index is 0.264. The van der Waals surface area contributed by atoms with Crippen molar-refractivity contribution in [2.24, 2.45) is 11.8 Å². The molecule has 0 spiro atoms. The van der Waals surface area contributed by atoms with Crippen LogP contribution in [0.15, 0.2) is 0 Å². The Balaban J connectivity index is 2.37. The van der Waals surface area contributed by atoms with Gasteiger partial charge in [-0.15, -0.1) is 0 Å². The molecule has 2 unspecified atom stereocenters. The van der Waals surface area contributed by atoms with Crippen LogP contribution in [0.2, 0.25) is 0 Å². The normalized spacial score (nSPS) is 26.2. The van der Waals surface area contributed by atoms with Crippen molar-refractivity contribution in [2.75, 3.05) is 13.6 Å². The predicted molar refractivity (Wildman–Crippen MR) is 70.1 cm³/mol. The highest BCUT2D eigenvalue weighted by Gasteiger charge is 2.23. The van der Waals surface area contributed by atoms with Gasteiger partial charge in [0.25, 0.3) is 0 Å². The van der Waals surface area contributed by atoms with Crippen LogP contribution >= 0.6 is 0 Å². The summed E-state index contributed by atoms with van der Waals surface area (Å²) in [4.78, 5) is 12.8. The van der Waals surface area contributed by atoms with Crippen LogP contribution in [0.4, 0.5) is 0 Å². The zero-order chi connectivity index (χ0) is 12.8. The fraction of sp³-hybridized carbons (Fsp3) is 0.929. The molecule has 2 atom stereocenters. The fourth-order valence-corrected chi connectivity index (χ4v) is 2.87. The molecule has 1 aliphatic rings. The lowest BCUT2D eigenvalue weighted by atomic mass is 9.89. The van der Waals surface area contributed by atoms with E-state index in [9.17, 15) is 4.79 Å². The molecule has 3 heteroatoms. The maximum absolute atomic E-state index is 10.6. The Kier molecular flexibility index (Phi) is 5.96. The third kappa shape index (κ3) is 5.07. The first-order chi connectivity index (χ1) is 8.00. The van der Waals surface area contributed by atoms with Gasteiger partial charge in [0.15, 0.2) is 0 Å². The first-order valence-corrected chi connectivity index (χ1v) is 6.92. The van der Waals surface area contributed by atoms with Crippen molar-refractivity contribution in [1.29, 1.82) is 0 Å². The van der Waals surface area contributed by atoms with Gasteiger partial charge in [-0.1, -0.05) is 26.7 Å². The lowest BCUT2D eigenvalue weighted by molar-refractivity contribution is -0.137. The molecule has 0 bridgehead atoms. The summed E-state index contributed by atoms with van der Waals surface area (Å²) in [6.45, 7) is 5.32. The van der Waals surface area contributed by atoms with Gasteiger partial charge in [0.1, 0.15) is 0 Å². The quantitative estimate of drug-likeness (QED) is 0.752. The second-order valence-corrected chi connectivity index (χ2v) is 5.79. The van der Waals surface area contributed by atoms with Gasteiger partial charge >= 0.3 is 5.97 Å². The van der Waals surface area contributed by atoms with E-state index >= 15 is 0 Å². The van der Waals surface area contributed by atoms with E-state index in [0.717, 1.165) is 11.8 Å². The van der Waals surface area contributed by atoms with E-state index in [1.54, 1.807) is 0 Å². The molecule has 17 heavy (non-hydrogen) atoms. The second-order valence-electron chi connectivity index (χ2n) is 5.79. The standard InChI is InChI=1S/C14H27NO2/c1-11(2)12-5-4-6-13(8-7-12)15(3)10-9-14(16)17/h11-13H,4-10H2,1-3H3,(H,16,17). The summed E-state index contributed by atoms with van der Waals surface area (Å²) >= 11 is 0. The van der Waals surface area contributed by atoms with E-state index in [4.69, 9.17) is 5.11 Å². The maximum Gasteiger partial charge on any atom is 0.304 e. The van der Waals surface area contributed by atoms with E-state index in [2.05, 4.69) is 25.8 Å². The highest BCUT2D eigenvalue weighted by atomic mass is 16.4. The molecule has 0 radical (unpaired) electrons. The molecule has 0 heterocycles. The first kappa shape index (κ1) is 14.5. The Bertz CT molecular complexity index is 240. The van der Waals surface area contributed by atoms with Crippen molar-refractivity contribution in [2.45, 2.75) is 58.4 Å². The number of nitrogens with zero attached hydrogens (tertiary/aromatic N) is 1. The highest BCUT2D eigenvalue weighted by molar-refractivity contribution is 5.66. The number of carbonyl (C=O) groups is 1. The Hall–Kier alpha value is -0.570. The van der Waals surface area contributed by atoms with Crippen LogP contribution in [0.5, 0.6) is 0 Å². The van der Waals surface area contributed by atoms with E-state index in [-0.39, 0.29) is 6.42 Å². The van der Waals surface area contributed by atoms with E-state index in [1.807, 2.05) is 0 Å². The Morgan fingerprint density at radius 2 is 2.00 bits per heavy atom. The van der Waals surface area contributed by atoms with E-state index in [1.165, 1.54) is 32.1 Å². The summed E-state index contributed by atoms with van der Waals surface area (Å²) in [5.41, 5.74) is 0. The molecule has 1 rings (SSSR count). The molecular formula is C14H27NO2. The molecule has 0 aromatic carbocycles. The SMILES string of the molecule is CC(C)C1CCCC(N(C)CCC(=O)O)CC1. The Morgan fingerprint density at radius 1 is 1.29 bits per heavy atom. The van der Waals surface area contributed by atoms with Crippen LogP contribution in [0, 0.1) is 11.8 Å². The molecular weight excluding hydrogens is 214 g/mol. The summed E-state index contributed by atoms with van der Waals surface area (Å²) in [5, 5.41) is 8.70. The molecule has 1 saturated carbocycles. The molecule has 0 aromatic heterocycles. The van der Waals surface area contributed by atoms with Crippen LogP contribution in [-0.2, 0) is 4.79 Å². The zero-order valence-electron chi connectivity index (χ0n) is 11.5. The van der Waals surface area contributed by atoms with Gasteiger partial charge < -0.3 is 10.0 Å². The van der Waals surface area contributed by atoms with Gasteiger partial charge in [0.2, 0.25) is 0 Å². The number of carboxylic acid groups (broad SMARTS) is 1. The second kappa shape index (κ2) is 7.00. The third-order valence-electron chi connectivity index (χ3n) is 4.23. The molecule has 100 valence electrons. The summed E-state index contributed by atoms with van der Waals surface area (Å²) in [5.74, 6) is 0.969. The maximum atomic E-state index is 10.6. The minimum Gasteiger partial charge on any atom is -0.481 e. The third-order valence-corrected chi connectivity index (χ3v) is 4.23. The van der Waals surface area contributed by atoms with Crippen molar-refractivity contribution in [3.63, 3.8) is 0 Å². The fourth-order valence-electron chi connectivity index (χ4n) is 2.87. The molecule has 0 amide bonds. The summed E-state index contributed by atoms with van der Waals surface area (Å²) in [7, 11) is 2.07. The molecule has 1 aliphatic carbocycles. The van der Waals surface area contributed by atoms with Crippen molar-refractivity contribution in [3.8, 4) is 0 Å². The molecule has 3 nitrogen and oxygen atoms in total. The number of rotatable bonds is 5. The van der Waals surface area contributed by atoms with Crippen LogP contribution in [0.1, 0.15) is 52.4 Å². The van der Waals surface area contributed by atoms with Crippen LogP contribution < -0.4 is 0 Å². The highest BCUT2D eigenvalue weighted by Crippen LogP contribution is 2.30. The van der Waals surface area contributed by atoms with Crippen molar-refractivity contribution >= 4 is 5.97 Å². The topological polar surface area (TPSA) is 40.5 Å². The van der Waals surface area contributed by atoms with Crippen molar-refractivity contribution in [3.05, 3.63) is 0 Å². The number of carboxylic acids is 1. The Morgan fingerprint density at radius 3 is 2.59 bits per heavy atom. The van der Waals surface area contributed by atoms with E-state index in [0.29, 0.717) is 12.6 Å². The molecule has 0 aliphatic heterocycles. The van der Waals surface area contributed by atoms with Gasteiger partial charge in [0.05, 0.1) is 6.42 Å². The number of hydrogen-bond acceptors (Lipinski definition) is 2. The minimum atomic E-state index is -0.689. The lowest BCUT2D eigenvalue weighted by Gasteiger charge is -2.26. The number of aliphatic carboxylic acids is 1. The lowest BCUT2D eigenvalue weighted by Crippen LogP contribution is -2.33. The predicted octanol–water partition coefficient (Wildman–Crippen LogP) is 3.00. The van der Waals surface area contributed by atoms with Crippen molar-refractivity contribution in [1.82, 2.24) is 4.90 Å². The largest absolute Gasteiger partial charge is 0.481 e. The zero-order valence-corrected chi connectivity index (χ0v) is 11.5. The average molecular weight is 241 g/mol. The van der Waals surface area contributed by atoms with Gasteiger partial charge in [-0.05, 0) is 38.1 Å². The van der Waals surface area contributed by atoms with Gasteiger partial charge in [-0.3, -0.25) is 4.79 Å². The monoisotopic (exact) mass is 241 g/mol. The molecule has 1 N–H and O–H groups in total. The number of hydrogen-bond donors (Lipinski definition) is 1. The summed E-state index contributed by atoms with van der Waals surface area (Å²) in [6.07, 6.45) is 6.69. The summed E-state index contributed by atoms with van der Waals surface area (Å²) < 4.78 is 0. The van der Waals surface area contributed by atoms with E-state index < -0.39 is 5.97 Å². The molecule has 0 aromatic rings. The van der Waals surface area contributed by atoms with Crippen molar-refractivity contribution < 1.29 is 9.90 Å². The van der Waals surface area contributed by atoms with Gasteiger partial charge in [0, 0.05) is 12.6 Å². The summed E-state index contributed by atoms with van der Waals surface area (Å²) in [6, 6.07) is 0.595. The first-order valence-electron chi connectivity index (χ1n) is 6.92. The molecule has 0 saturated heterocycles. The smallest absolute Gasteiger partial charge is 0.304 e. The Labute approximate surface area is 105 Å². The van der Waals surface area contributed by atoms with Crippen LogP contribution in [-0.4, -0.2) is 35.6 Å². The van der Waals surface area contributed by atoms with Crippen LogP contribution in [0.25, 0.3) is 0 Å². The van der Waals surface area contributed by atoms with Gasteiger partial charge in [-0.25, -0.2) is 0 Å².